The van der Waals surface area contributed by atoms with Crippen LogP contribution in [0.25, 0.3) is 0 Å². The fourth-order valence-electron chi connectivity index (χ4n) is 4.27. The van der Waals surface area contributed by atoms with E-state index in [-0.39, 0.29) is 18.9 Å². The predicted molar refractivity (Wildman–Crippen MR) is 155 cm³/mol. The summed E-state index contributed by atoms with van der Waals surface area (Å²) in [6.45, 7) is 3.44. The number of carbonyl (C=O) groups is 2. The molecule has 0 bridgehead atoms. The Morgan fingerprint density at radius 3 is 2.31 bits per heavy atom. The van der Waals surface area contributed by atoms with Crippen molar-refractivity contribution < 1.29 is 22.7 Å². The van der Waals surface area contributed by atoms with Crippen LogP contribution in [0.1, 0.15) is 23.6 Å². The van der Waals surface area contributed by atoms with Crippen molar-refractivity contribution in [3.05, 3.63) is 94.5 Å². The SMILES string of the molecule is CCNC(=O)[C@@H](Cc1ccccc1)N(Cc1cccc(OC)c1)C(=O)CN(c1cccc(Cl)c1C)S(C)(=O)=O. The summed E-state index contributed by atoms with van der Waals surface area (Å²) in [6, 6.07) is 20.6. The van der Waals surface area contributed by atoms with E-state index in [1.54, 1.807) is 57.4 Å². The summed E-state index contributed by atoms with van der Waals surface area (Å²) < 4.78 is 32.2. The first kappa shape index (κ1) is 30.0. The third-order valence-corrected chi connectivity index (χ3v) is 7.83. The maximum atomic E-state index is 14.0. The number of benzene rings is 3. The molecular weight excluding hydrogens is 538 g/mol. The summed E-state index contributed by atoms with van der Waals surface area (Å²) in [4.78, 5) is 28.9. The highest BCUT2D eigenvalue weighted by atomic mass is 35.5. The summed E-state index contributed by atoms with van der Waals surface area (Å²) in [5.41, 5.74) is 2.43. The van der Waals surface area contributed by atoms with Gasteiger partial charge in [-0.3, -0.25) is 13.9 Å². The molecular formula is C29H34ClN3O5S. The summed E-state index contributed by atoms with van der Waals surface area (Å²) in [6.07, 6.45) is 1.29. The van der Waals surface area contributed by atoms with Crippen LogP contribution in [0.2, 0.25) is 5.02 Å². The first-order valence-corrected chi connectivity index (χ1v) is 14.7. The number of carbonyl (C=O) groups excluding carboxylic acids is 2. The van der Waals surface area contributed by atoms with Crippen molar-refractivity contribution in [2.75, 3.05) is 30.8 Å². The average molecular weight is 572 g/mol. The van der Waals surface area contributed by atoms with Gasteiger partial charge in [0.15, 0.2) is 0 Å². The van der Waals surface area contributed by atoms with Gasteiger partial charge in [0.1, 0.15) is 18.3 Å². The molecule has 0 aliphatic rings. The van der Waals surface area contributed by atoms with Gasteiger partial charge in [0.05, 0.1) is 19.1 Å². The van der Waals surface area contributed by atoms with Gasteiger partial charge in [-0.1, -0.05) is 60.1 Å². The number of ether oxygens (including phenoxy) is 1. The number of methoxy groups -OCH3 is 1. The number of nitrogens with one attached hydrogen (secondary N) is 1. The smallest absolute Gasteiger partial charge is 0.244 e. The highest BCUT2D eigenvalue weighted by Crippen LogP contribution is 2.29. The van der Waals surface area contributed by atoms with E-state index >= 15 is 0 Å². The lowest BCUT2D eigenvalue weighted by Gasteiger charge is -2.33. The number of hydrogen-bond donors (Lipinski definition) is 1. The van der Waals surface area contributed by atoms with E-state index < -0.39 is 28.5 Å². The molecule has 1 N–H and O–H groups in total. The molecule has 3 aromatic carbocycles. The molecule has 39 heavy (non-hydrogen) atoms. The summed E-state index contributed by atoms with van der Waals surface area (Å²) in [7, 11) is -2.33. The molecule has 0 fully saturated rings. The van der Waals surface area contributed by atoms with Crippen LogP contribution in [-0.2, 0) is 32.6 Å². The van der Waals surface area contributed by atoms with Crippen LogP contribution in [0, 0.1) is 6.92 Å². The molecule has 1 atom stereocenters. The van der Waals surface area contributed by atoms with E-state index in [1.807, 2.05) is 36.4 Å². The average Bonchev–Trinajstić information content (AvgIpc) is 2.91. The molecule has 0 heterocycles. The van der Waals surface area contributed by atoms with Crippen LogP contribution in [0.3, 0.4) is 0 Å². The molecule has 2 amide bonds. The van der Waals surface area contributed by atoms with E-state index in [1.165, 1.54) is 4.90 Å². The minimum Gasteiger partial charge on any atom is -0.497 e. The molecule has 0 unspecified atom stereocenters. The Balaban J connectivity index is 2.08. The normalized spacial score (nSPS) is 11.9. The predicted octanol–water partition coefficient (Wildman–Crippen LogP) is 4.20. The van der Waals surface area contributed by atoms with Gasteiger partial charge in [0.25, 0.3) is 0 Å². The lowest BCUT2D eigenvalue weighted by molar-refractivity contribution is -0.140. The Morgan fingerprint density at radius 1 is 1.00 bits per heavy atom. The fraction of sp³-hybridized carbons (Fsp3) is 0.310. The van der Waals surface area contributed by atoms with Crippen LogP contribution >= 0.6 is 11.6 Å². The van der Waals surface area contributed by atoms with E-state index in [2.05, 4.69) is 5.32 Å². The van der Waals surface area contributed by atoms with Gasteiger partial charge < -0.3 is 15.0 Å². The Bertz CT molecular complexity index is 1400. The second kappa shape index (κ2) is 13.5. The number of nitrogens with zero attached hydrogens (tertiary/aromatic N) is 2. The Morgan fingerprint density at radius 2 is 1.67 bits per heavy atom. The zero-order valence-electron chi connectivity index (χ0n) is 22.6. The van der Waals surface area contributed by atoms with Crippen molar-refractivity contribution in [3.8, 4) is 5.75 Å². The molecule has 0 saturated heterocycles. The molecule has 0 spiro atoms. The van der Waals surface area contributed by atoms with Crippen molar-refractivity contribution in [1.82, 2.24) is 10.2 Å². The van der Waals surface area contributed by atoms with Crippen molar-refractivity contribution in [1.29, 1.82) is 0 Å². The Kier molecular flexibility index (Phi) is 10.4. The lowest BCUT2D eigenvalue weighted by Crippen LogP contribution is -2.53. The first-order valence-electron chi connectivity index (χ1n) is 12.5. The number of likely N-dealkylation sites (N-methyl/N-ethyl adjacent to an activating group) is 1. The van der Waals surface area contributed by atoms with Crippen molar-refractivity contribution in [2.24, 2.45) is 0 Å². The van der Waals surface area contributed by atoms with Gasteiger partial charge in [-0.2, -0.15) is 0 Å². The number of amides is 2. The van der Waals surface area contributed by atoms with E-state index in [9.17, 15) is 18.0 Å². The second-order valence-electron chi connectivity index (χ2n) is 9.13. The maximum absolute atomic E-state index is 14.0. The second-order valence-corrected chi connectivity index (χ2v) is 11.4. The summed E-state index contributed by atoms with van der Waals surface area (Å²) in [5.74, 6) is -0.262. The monoisotopic (exact) mass is 571 g/mol. The van der Waals surface area contributed by atoms with Crippen LogP contribution in [0.4, 0.5) is 5.69 Å². The van der Waals surface area contributed by atoms with Gasteiger partial charge in [0.2, 0.25) is 21.8 Å². The number of halogens is 1. The van der Waals surface area contributed by atoms with E-state index in [0.717, 1.165) is 21.7 Å². The molecule has 208 valence electrons. The lowest BCUT2D eigenvalue weighted by atomic mass is 10.0. The number of hydrogen-bond acceptors (Lipinski definition) is 5. The molecule has 0 aromatic heterocycles. The molecule has 0 aliphatic carbocycles. The number of sulfonamides is 1. The molecule has 8 nitrogen and oxygen atoms in total. The molecule has 10 heteroatoms. The zero-order chi connectivity index (χ0) is 28.6. The number of anilines is 1. The standard InChI is InChI=1S/C29H34ClN3O5S/c1-5-31-29(35)27(18-22-11-7-6-8-12-22)32(19-23-13-9-14-24(17-23)38-3)28(34)20-33(39(4,36)37)26-16-10-15-25(30)21(26)2/h6-17,27H,5,18-20H2,1-4H3,(H,31,35)/t27-/m1/s1. The van der Waals surface area contributed by atoms with E-state index in [4.69, 9.17) is 16.3 Å². The van der Waals surface area contributed by atoms with Crippen molar-refractivity contribution in [3.63, 3.8) is 0 Å². The van der Waals surface area contributed by atoms with Gasteiger partial charge in [-0.15, -0.1) is 0 Å². The van der Waals surface area contributed by atoms with Crippen LogP contribution < -0.4 is 14.4 Å². The Labute approximate surface area is 235 Å². The van der Waals surface area contributed by atoms with E-state index in [0.29, 0.717) is 28.6 Å². The molecule has 0 aliphatic heterocycles. The van der Waals surface area contributed by atoms with Gasteiger partial charge in [-0.25, -0.2) is 8.42 Å². The van der Waals surface area contributed by atoms with Crippen LogP contribution in [-0.4, -0.2) is 57.6 Å². The fourth-order valence-corrected chi connectivity index (χ4v) is 5.34. The Hall–Kier alpha value is -3.56. The highest BCUT2D eigenvalue weighted by Gasteiger charge is 2.33. The third-order valence-electron chi connectivity index (χ3n) is 6.30. The van der Waals surface area contributed by atoms with Crippen LogP contribution in [0.15, 0.2) is 72.8 Å². The summed E-state index contributed by atoms with van der Waals surface area (Å²) in [5, 5.41) is 3.22. The van der Waals surface area contributed by atoms with Gasteiger partial charge in [-0.05, 0) is 54.8 Å². The summed E-state index contributed by atoms with van der Waals surface area (Å²) >= 11 is 6.28. The molecule has 0 radical (unpaired) electrons. The van der Waals surface area contributed by atoms with Gasteiger partial charge in [0, 0.05) is 24.5 Å². The number of rotatable bonds is 12. The maximum Gasteiger partial charge on any atom is 0.244 e. The first-order chi connectivity index (χ1) is 18.5. The molecule has 0 saturated carbocycles. The van der Waals surface area contributed by atoms with Crippen molar-refractivity contribution in [2.45, 2.75) is 32.9 Å². The topological polar surface area (TPSA) is 96.0 Å². The quantitative estimate of drug-likeness (QED) is 0.351. The van der Waals surface area contributed by atoms with Crippen molar-refractivity contribution >= 4 is 39.1 Å². The zero-order valence-corrected chi connectivity index (χ0v) is 24.1. The highest BCUT2D eigenvalue weighted by molar-refractivity contribution is 7.92. The minimum atomic E-state index is -3.88. The van der Waals surface area contributed by atoms with Crippen LogP contribution in [0.5, 0.6) is 5.75 Å². The molecule has 3 aromatic rings. The minimum absolute atomic E-state index is 0.0663. The van der Waals surface area contributed by atoms with Gasteiger partial charge >= 0.3 is 0 Å². The third kappa shape index (κ3) is 7.97. The largest absolute Gasteiger partial charge is 0.497 e. The molecule has 3 rings (SSSR count).